The van der Waals surface area contributed by atoms with E-state index >= 15 is 0 Å². The Kier molecular flexibility index (Phi) is 3.95. The van der Waals surface area contributed by atoms with Gasteiger partial charge in [0, 0.05) is 25.6 Å². The first-order chi connectivity index (χ1) is 9.13. The van der Waals surface area contributed by atoms with Crippen LogP contribution >= 0.6 is 0 Å². The number of methoxy groups -OCH3 is 3. The minimum atomic E-state index is -0.677. The predicted octanol–water partition coefficient (Wildman–Crippen LogP) is 1.83. The largest absolute Gasteiger partial charge is 0.497 e. The maximum atomic E-state index is 11.9. The Morgan fingerprint density at radius 3 is 2.32 bits per heavy atom. The summed E-state index contributed by atoms with van der Waals surface area (Å²) >= 11 is 0. The molecule has 0 radical (unpaired) electrons. The van der Waals surface area contributed by atoms with Crippen LogP contribution in [0.4, 0.5) is 5.69 Å². The summed E-state index contributed by atoms with van der Waals surface area (Å²) < 4.78 is 15.2. The van der Waals surface area contributed by atoms with Crippen LogP contribution in [-0.2, 0) is 14.3 Å². The van der Waals surface area contributed by atoms with Crippen LogP contribution < -0.4 is 10.1 Å². The number of hydrogen-bond acceptors (Lipinski definition) is 5. The highest BCUT2D eigenvalue weighted by atomic mass is 16.5. The fraction of sp³-hybridized carbons (Fsp3) is 0.500. The summed E-state index contributed by atoms with van der Waals surface area (Å²) in [6.45, 7) is 0. The highest BCUT2D eigenvalue weighted by molar-refractivity contribution is 5.86. The lowest BCUT2D eigenvalue weighted by molar-refractivity contribution is -0.154. The van der Waals surface area contributed by atoms with Gasteiger partial charge in [0.1, 0.15) is 11.3 Å². The smallest absolute Gasteiger partial charge is 0.331 e. The second-order valence-corrected chi connectivity index (χ2v) is 4.69. The van der Waals surface area contributed by atoms with E-state index in [0.717, 1.165) is 11.4 Å². The van der Waals surface area contributed by atoms with Crippen molar-refractivity contribution in [1.29, 1.82) is 0 Å². The number of nitrogens with one attached hydrogen (secondary N) is 1. The molecule has 0 saturated heterocycles. The van der Waals surface area contributed by atoms with Gasteiger partial charge in [-0.2, -0.15) is 0 Å². The van der Waals surface area contributed by atoms with Crippen molar-refractivity contribution in [2.24, 2.45) is 0 Å². The Morgan fingerprint density at radius 1 is 1.21 bits per heavy atom. The monoisotopic (exact) mass is 265 g/mol. The van der Waals surface area contributed by atoms with Crippen molar-refractivity contribution in [1.82, 2.24) is 0 Å². The van der Waals surface area contributed by atoms with Crippen LogP contribution in [0.3, 0.4) is 0 Å². The van der Waals surface area contributed by atoms with E-state index in [9.17, 15) is 4.79 Å². The van der Waals surface area contributed by atoms with Gasteiger partial charge in [-0.05, 0) is 24.3 Å². The van der Waals surface area contributed by atoms with E-state index in [4.69, 9.17) is 14.2 Å². The molecule has 1 aromatic carbocycles. The maximum Gasteiger partial charge on any atom is 0.331 e. The van der Waals surface area contributed by atoms with Gasteiger partial charge in [0.15, 0.2) is 0 Å². The van der Waals surface area contributed by atoms with Crippen molar-refractivity contribution in [3.8, 4) is 5.75 Å². The van der Waals surface area contributed by atoms with Crippen molar-refractivity contribution in [3.05, 3.63) is 24.3 Å². The van der Waals surface area contributed by atoms with E-state index < -0.39 is 5.54 Å². The third kappa shape index (κ3) is 2.66. The van der Waals surface area contributed by atoms with Crippen LogP contribution in [0.5, 0.6) is 5.75 Å². The maximum absolute atomic E-state index is 11.9. The Hall–Kier alpha value is -1.75. The summed E-state index contributed by atoms with van der Waals surface area (Å²) in [5, 5.41) is 3.25. The molecule has 19 heavy (non-hydrogen) atoms. The van der Waals surface area contributed by atoms with Crippen molar-refractivity contribution >= 4 is 11.7 Å². The van der Waals surface area contributed by atoms with Gasteiger partial charge < -0.3 is 19.5 Å². The predicted molar refractivity (Wildman–Crippen MR) is 71.4 cm³/mol. The molecule has 1 aromatic rings. The van der Waals surface area contributed by atoms with E-state index in [-0.39, 0.29) is 12.1 Å². The minimum absolute atomic E-state index is 0.102. The van der Waals surface area contributed by atoms with Crippen LogP contribution in [0, 0.1) is 0 Å². The Bertz CT molecular complexity index is 437. The van der Waals surface area contributed by atoms with Gasteiger partial charge in [0.25, 0.3) is 0 Å². The lowest BCUT2D eigenvalue weighted by Crippen LogP contribution is -2.59. The van der Waals surface area contributed by atoms with E-state index in [1.54, 1.807) is 14.2 Å². The number of esters is 1. The molecule has 1 N–H and O–H groups in total. The second-order valence-electron chi connectivity index (χ2n) is 4.69. The normalized spacial score (nSPS) is 25.3. The highest BCUT2D eigenvalue weighted by Crippen LogP contribution is 2.38. The van der Waals surface area contributed by atoms with Gasteiger partial charge in [-0.25, -0.2) is 4.79 Å². The van der Waals surface area contributed by atoms with Crippen LogP contribution in [0.1, 0.15) is 12.8 Å². The van der Waals surface area contributed by atoms with Gasteiger partial charge in [-0.3, -0.25) is 0 Å². The first-order valence-corrected chi connectivity index (χ1v) is 6.17. The van der Waals surface area contributed by atoms with E-state index in [0.29, 0.717) is 12.8 Å². The van der Waals surface area contributed by atoms with Crippen LogP contribution in [0.2, 0.25) is 0 Å². The van der Waals surface area contributed by atoms with E-state index in [2.05, 4.69) is 5.32 Å². The van der Waals surface area contributed by atoms with Crippen LogP contribution in [0.15, 0.2) is 24.3 Å². The molecule has 0 spiro atoms. The molecular weight excluding hydrogens is 246 g/mol. The van der Waals surface area contributed by atoms with Crippen LogP contribution in [0.25, 0.3) is 0 Å². The number of anilines is 1. The molecule has 0 unspecified atom stereocenters. The molecule has 2 rings (SSSR count). The van der Waals surface area contributed by atoms with Crippen molar-refractivity contribution in [3.63, 3.8) is 0 Å². The molecule has 0 aromatic heterocycles. The van der Waals surface area contributed by atoms with Gasteiger partial charge in [0.05, 0.1) is 20.3 Å². The Balaban J connectivity index is 2.10. The molecule has 1 fully saturated rings. The molecule has 0 aliphatic heterocycles. The number of carbonyl (C=O) groups excluding carboxylic acids is 1. The fourth-order valence-electron chi connectivity index (χ4n) is 2.35. The molecule has 0 amide bonds. The van der Waals surface area contributed by atoms with Crippen molar-refractivity contribution < 1.29 is 19.0 Å². The lowest BCUT2D eigenvalue weighted by Gasteiger charge is -2.45. The third-order valence-electron chi connectivity index (χ3n) is 3.54. The Morgan fingerprint density at radius 2 is 1.84 bits per heavy atom. The molecule has 1 aliphatic carbocycles. The topological polar surface area (TPSA) is 56.8 Å². The molecule has 0 heterocycles. The van der Waals surface area contributed by atoms with Gasteiger partial charge >= 0.3 is 5.97 Å². The standard InChI is InChI=1S/C14H19NO4/c1-17-11-6-4-10(5-7-11)15-14(13(16)19-3)8-12(9-14)18-2/h4-7,12,15H,8-9H2,1-3H3. The highest BCUT2D eigenvalue weighted by Gasteiger charge is 2.51. The molecule has 0 atom stereocenters. The lowest BCUT2D eigenvalue weighted by atomic mass is 9.74. The molecule has 5 nitrogen and oxygen atoms in total. The first-order valence-electron chi connectivity index (χ1n) is 6.17. The minimum Gasteiger partial charge on any atom is -0.497 e. The van der Waals surface area contributed by atoms with Gasteiger partial charge in [0.2, 0.25) is 0 Å². The average molecular weight is 265 g/mol. The average Bonchev–Trinajstić information content (AvgIpc) is 2.42. The molecule has 1 saturated carbocycles. The van der Waals surface area contributed by atoms with Crippen LogP contribution in [-0.4, -0.2) is 38.9 Å². The van der Waals surface area contributed by atoms with Crippen molar-refractivity contribution in [2.75, 3.05) is 26.6 Å². The summed E-state index contributed by atoms with van der Waals surface area (Å²) in [6, 6.07) is 7.45. The zero-order chi connectivity index (χ0) is 13.9. The second kappa shape index (κ2) is 5.48. The molecular formula is C14H19NO4. The Labute approximate surface area is 112 Å². The summed E-state index contributed by atoms with van der Waals surface area (Å²) in [7, 11) is 4.67. The van der Waals surface area contributed by atoms with Gasteiger partial charge in [-0.15, -0.1) is 0 Å². The molecule has 0 bridgehead atoms. The molecule has 1 aliphatic rings. The summed E-state index contributed by atoms with van der Waals surface area (Å²) in [5.74, 6) is 0.526. The zero-order valence-corrected chi connectivity index (χ0v) is 11.4. The van der Waals surface area contributed by atoms with E-state index in [1.165, 1.54) is 7.11 Å². The number of carbonyl (C=O) groups is 1. The fourth-order valence-corrected chi connectivity index (χ4v) is 2.35. The van der Waals surface area contributed by atoms with Gasteiger partial charge in [-0.1, -0.05) is 0 Å². The molecule has 5 heteroatoms. The number of ether oxygens (including phenoxy) is 3. The SMILES string of the molecule is COC(=O)C1(Nc2ccc(OC)cc2)CC(OC)C1. The summed E-state index contributed by atoms with van der Waals surface area (Å²) in [6.07, 6.45) is 1.33. The number of hydrogen-bond donors (Lipinski definition) is 1. The summed E-state index contributed by atoms with van der Waals surface area (Å²) in [4.78, 5) is 11.9. The molecule has 104 valence electrons. The first kappa shape index (κ1) is 13.7. The quantitative estimate of drug-likeness (QED) is 0.823. The third-order valence-corrected chi connectivity index (χ3v) is 3.54. The van der Waals surface area contributed by atoms with E-state index in [1.807, 2.05) is 24.3 Å². The number of rotatable bonds is 5. The summed E-state index contributed by atoms with van der Waals surface area (Å²) in [5.41, 5.74) is 0.185. The number of benzene rings is 1. The van der Waals surface area contributed by atoms with Crippen molar-refractivity contribution in [2.45, 2.75) is 24.5 Å². The zero-order valence-electron chi connectivity index (χ0n) is 11.4.